The van der Waals surface area contributed by atoms with Gasteiger partial charge in [0.05, 0.1) is 22.3 Å². The molecule has 184 valence electrons. The number of thiazole rings is 1. The van der Waals surface area contributed by atoms with E-state index in [1.54, 1.807) is 11.3 Å². The predicted octanol–water partition coefficient (Wildman–Crippen LogP) is 8.78. The fourth-order valence-electron chi connectivity index (χ4n) is 5.32. The quantitative estimate of drug-likeness (QED) is 0.233. The maximum atomic E-state index is 6.39. The molecule has 0 bridgehead atoms. The first-order chi connectivity index (χ1) is 19.3. The van der Waals surface area contributed by atoms with Crippen molar-refractivity contribution in [2.45, 2.75) is 0 Å². The van der Waals surface area contributed by atoms with E-state index in [1.165, 1.54) is 10.8 Å². The molecule has 8 aromatic rings. The number of nitrogens with zero attached hydrogens (tertiary/aromatic N) is 4. The van der Waals surface area contributed by atoms with Gasteiger partial charge in [0, 0.05) is 45.4 Å². The van der Waals surface area contributed by atoms with Crippen LogP contribution in [-0.2, 0) is 0 Å². The van der Waals surface area contributed by atoms with Crippen molar-refractivity contribution in [1.29, 1.82) is 0 Å². The lowest BCUT2D eigenvalue weighted by Crippen LogP contribution is -1.95. The van der Waals surface area contributed by atoms with E-state index in [0.717, 1.165) is 55.2 Å². The highest BCUT2D eigenvalue weighted by molar-refractivity contribution is 7.13. The molecule has 0 atom stereocenters. The maximum absolute atomic E-state index is 6.39. The van der Waals surface area contributed by atoms with Crippen molar-refractivity contribution in [3.63, 3.8) is 0 Å². The van der Waals surface area contributed by atoms with Crippen LogP contribution in [0.5, 0.6) is 0 Å². The number of hydrogen-bond donors (Lipinski definition) is 0. The molecule has 6 heteroatoms. The van der Waals surface area contributed by atoms with E-state index in [4.69, 9.17) is 9.40 Å². The Morgan fingerprint density at radius 2 is 1.56 bits per heavy atom. The van der Waals surface area contributed by atoms with Crippen LogP contribution in [0, 0.1) is 0 Å². The Balaban J connectivity index is 1.34. The van der Waals surface area contributed by atoms with Crippen molar-refractivity contribution >= 4 is 44.2 Å². The number of pyridine rings is 1. The number of aromatic nitrogens is 4. The Bertz CT molecular complexity index is 2120. The van der Waals surface area contributed by atoms with E-state index >= 15 is 0 Å². The summed E-state index contributed by atoms with van der Waals surface area (Å²) in [4.78, 5) is 13.9. The summed E-state index contributed by atoms with van der Waals surface area (Å²) in [5.41, 5.74) is 8.79. The van der Waals surface area contributed by atoms with Crippen LogP contribution in [0.3, 0.4) is 0 Å². The lowest BCUT2D eigenvalue weighted by atomic mass is 10.1. The highest BCUT2D eigenvalue weighted by atomic mass is 32.1. The smallest absolute Gasteiger partial charge is 0.227 e. The van der Waals surface area contributed by atoms with E-state index in [1.807, 2.05) is 54.2 Å². The molecule has 0 N–H and O–H groups in total. The molecule has 4 aromatic heterocycles. The van der Waals surface area contributed by atoms with Gasteiger partial charge in [0.25, 0.3) is 0 Å². The first-order valence-corrected chi connectivity index (χ1v) is 13.6. The fourth-order valence-corrected chi connectivity index (χ4v) is 5.98. The molecule has 4 aromatic carbocycles. The molecule has 39 heavy (non-hydrogen) atoms. The monoisotopic (exact) mass is 520 g/mol. The van der Waals surface area contributed by atoms with Crippen molar-refractivity contribution in [3.8, 4) is 39.0 Å². The topological polar surface area (TPSA) is 56.7 Å². The number of benzene rings is 4. The molecule has 0 fully saturated rings. The van der Waals surface area contributed by atoms with Gasteiger partial charge in [-0.25, -0.2) is 9.97 Å². The van der Waals surface area contributed by atoms with Crippen LogP contribution in [0.1, 0.15) is 0 Å². The van der Waals surface area contributed by atoms with Gasteiger partial charge >= 0.3 is 0 Å². The summed E-state index contributed by atoms with van der Waals surface area (Å²) in [7, 11) is 0. The average molecular weight is 521 g/mol. The fraction of sp³-hybridized carbons (Fsp3) is 0. The minimum atomic E-state index is 0.593. The van der Waals surface area contributed by atoms with Crippen molar-refractivity contribution in [2.75, 3.05) is 0 Å². The lowest BCUT2D eigenvalue weighted by molar-refractivity contribution is 0.621. The molecule has 0 aliphatic carbocycles. The van der Waals surface area contributed by atoms with Gasteiger partial charge in [-0.15, -0.1) is 11.3 Å². The minimum absolute atomic E-state index is 0.593. The van der Waals surface area contributed by atoms with E-state index in [2.05, 4.69) is 81.3 Å². The molecule has 0 radical (unpaired) electrons. The van der Waals surface area contributed by atoms with Gasteiger partial charge in [-0.05, 0) is 54.6 Å². The van der Waals surface area contributed by atoms with Gasteiger partial charge in [0.1, 0.15) is 10.5 Å². The van der Waals surface area contributed by atoms with Gasteiger partial charge in [-0.3, -0.25) is 4.98 Å². The number of para-hydroxylation sites is 2. The minimum Gasteiger partial charge on any atom is -0.435 e. The molecule has 8 rings (SSSR count). The highest BCUT2D eigenvalue weighted by Gasteiger charge is 2.17. The van der Waals surface area contributed by atoms with E-state index in [9.17, 15) is 0 Å². The summed E-state index contributed by atoms with van der Waals surface area (Å²) in [5.74, 6) is 0.593. The third kappa shape index (κ3) is 3.57. The summed E-state index contributed by atoms with van der Waals surface area (Å²) < 4.78 is 8.70. The maximum Gasteiger partial charge on any atom is 0.227 e. The molecule has 0 unspecified atom stereocenters. The number of rotatable bonds is 4. The summed E-state index contributed by atoms with van der Waals surface area (Å²) in [6, 6.07) is 35.5. The van der Waals surface area contributed by atoms with Crippen molar-refractivity contribution in [3.05, 3.63) is 121 Å². The van der Waals surface area contributed by atoms with E-state index in [-0.39, 0.29) is 0 Å². The van der Waals surface area contributed by atoms with Crippen LogP contribution in [0.15, 0.2) is 125 Å². The normalized spacial score (nSPS) is 11.6. The molecule has 4 heterocycles. The molecular formula is C33H20N4OS. The highest BCUT2D eigenvalue weighted by Crippen LogP contribution is 2.37. The average Bonchev–Trinajstić information content (AvgIpc) is 3.75. The number of oxazole rings is 1. The van der Waals surface area contributed by atoms with Crippen LogP contribution in [0.25, 0.3) is 71.9 Å². The van der Waals surface area contributed by atoms with Crippen LogP contribution < -0.4 is 0 Å². The zero-order valence-electron chi connectivity index (χ0n) is 20.7. The zero-order chi connectivity index (χ0) is 25.8. The summed E-state index contributed by atoms with van der Waals surface area (Å²) in [6.07, 6.45) is 3.64. The molecule has 0 aliphatic rings. The van der Waals surface area contributed by atoms with Gasteiger partial charge in [0.15, 0.2) is 5.58 Å². The zero-order valence-corrected chi connectivity index (χ0v) is 21.5. The van der Waals surface area contributed by atoms with Crippen LogP contribution in [0.2, 0.25) is 0 Å². The van der Waals surface area contributed by atoms with Crippen LogP contribution in [-0.4, -0.2) is 19.5 Å². The van der Waals surface area contributed by atoms with Crippen molar-refractivity contribution in [2.24, 2.45) is 0 Å². The molecular weight excluding hydrogens is 500 g/mol. The third-order valence-electron chi connectivity index (χ3n) is 7.06. The second-order valence-electron chi connectivity index (χ2n) is 9.36. The lowest BCUT2D eigenvalue weighted by Gasteiger charge is -2.10. The van der Waals surface area contributed by atoms with Crippen LogP contribution in [0.4, 0.5) is 0 Å². The Hall–Kier alpha value is -5.07. The van der Waals surface area contributed by atoms with Gasteiger partial charge in [0.2, 0.25) is 5.89 Å². The second kappa shape index (κ2) is 8.75. The summed E-state index contributed by atoms with van der Waals surface area (Å²) in [5, 5.41) is 5.27. The Labute approximate surface area is 227 Å². The first-order valence-electron chi connectivity index (χ1n) is 12.7. The van der Waals surface area contributed by atoms with Gasteiger partial charge < -0.3 is 8.98 Å². The number of hydrogen-bond acceptors (Lipinski definition) is 5. The standard InChI is InChI=1S/C33H20N4OS/c1-2-13-29-24(9-1)25-15-14-22(32-36-28-12-6-10-26(31(28)38-32)33-35-17-18-39-33)20-30(25)37(29)23-8-5-7-21(19-23)27-11-3-4-16-34-27/h1-20H. The third-order valence-corrected chi connectivity index (χ3v) is 7.87. The van der Waals surface area contributed by atoms with Gasteiger partial charge in [-0.2, -0.15) is 0 Å². The Morgan fingerprint density at radius 1 is 0.667 bits per heavy atom. The van der Waals surface area contributed by atoms with Gasteiger partial charge in [-0.1, -0.05) is 48.5 Å². The Kier molecular flexibility index (Phi) is 4.93. The molecule has 0 amide bonds. The summed E-state index contributed by atoms with van der Waals surface area (Å²) >= 11 is 1.59. The molecule has 0 saturated heterocycles. The van der Waals surface area contributed by atoms with E-state index in [0.29, 0.717) is 5.89 Å². The predicted molar refractivity (Wildman–Crippen MR) is 158 cm³/mol. The summed E-state index contributed by atoms with van der Waals surface area (Å²) in [6.45, 7) is 0. The number of fused-ring (bicyclic) bond motifs is 4. The molecule has 5 nitrogen and oxygen atoms in total. The van der Waals surface area contributed by atoms with Crippen molar-refractivity contribution in [1.82, 2.24) is 19.5 Å². The first kappa shape index (κ1) is 22.0. The molecule has 0 aliphatic heterocycles. The second-order valence-corrected chi connectivity index (χ2v) is 10.3. The molecule has 0 saturated carbocycles. The molecule has 0 spiro atoms. The Morgan fingerprint density at radius 3 is 2.46 bits per heavy atom. The largest absolute Gasteiger partial charge is 0.435 e. The van der Waals surface area contributed by atoms with E-state index < -0.39 is 0 Å². The van der Waals surface area contributed by atoms with Crippen LogP contribution >= 0.6 is 11.3 Å². The van der Waals surface area contributed by atoms with Crippen molar-refractivity contribution < 1.29 is 4.42 Å². The SMILES string of the molecule is c1ccc(-c2cccc(-n3c4ccccc4c4ccc(-c5nc6cccc(-c7nccs7)c6o5)cc43)c2)nc1.